The normalized spacial score (nSPS) is 14.9. The van der Waals surface area contributed by atoms with Crippen molar-refractivity contribution >= 4 is 29.2 Å². The minimum atomic E-state index is -0.525. The first kappa shape index (κ1) is 18.5. The number of benzene rings is 1. The molecule has 0 unspecified atom stereocenters. The Balaban J connectivity index is 1.60. The molecule has 0 spiro atoms. The zero-order valence-electron chi connectivity index (χ0n) is 13.5. The summed E-state index contributed by atoms with van der Waals surface area (Å²) in [4.78, 5) is 23.5. The summed E-state index contributed by atoms with van der Waals surface area (Å²) in [5, 5.41) is 8.33. The maximum absolute atomic E-state index is 13.0. The number of amides is 3. The fourth-order valence-corrected chi connectivity index (χ4v) is 2.91. The Morgan fingerprint density at radius 3 is 2.67 bits per heavy atom. The Hall–Kier alpha value is -1.82. The van der Waals surface area contributed by atoms with Crippen LogP contribution in [-0.4, -0.2) is 24.5 Å². The summed E-state index contributed by atoms with van der Waals surface area (Å²) in [5.74, 6) is -0.727. The van der Waals surface area contributed by atoms with Crippen molar-refractivity contribution in [2.24, 2.45) is 0 Å². The summed E-state index contributed by atoms with van der Waals surface area (Å²) in [6, 6.07) is 4.12. The number of nitrogens with one attached hydrogen (secondary N) is 3. The summed E-state index contributed by atoms with van der Waals surface area (Å²) < 4.78 is 13.0. The molecule has 0 bridgehead atoms. The highest BCUT2D eigenvalue weighted by Crippen LogP contribution is 2.19. The van der Waals surface area contributed by atoms with E-state index in [1.807, 2.05) is 0 Å². The number of carbonyl (C=O) groups is 2. The number of anilines is 1. The average Bonchev–Trinajstić information content (AvgIpc) is 2.56. The van der Waals surface area contributed by atoms with Crippen LogP contribution < -0.4 is 16.0 Å². The maximum atomic E-state index is 13.0. The lowest BCUT2D eigenvalue weighted by atomic mass is 9.96. The molecule has 0 radical (unpaired) electrons. The largest absolute Gasteiger partial charge is 0.338 e. The topological polar surface area (TPSA) is 70.2 Å². The van der Waals surface area contributed by atoms with Crippen molar-refractivity contribution in [2.75, 3.05) is 11.9 Å². The van der Waals surface area contributed by atoms with Crippen LogP contribution >= 0.6 is 11.6 Å². The maximum Gasteiger partial charge on any atom is 0.315 e. The third kappa shape index (κ3) is 6.35. The van der Waals surface area contributed by atoms with Crippen molar-refractivity contribution in [2.45, 2.75) is 51.0 Å². The van der Waals surface area contributed by atoms with E-state index in [9.17, 15) is 14.0 Å². The van der Waals surface area contributed by atoms with E-state index in [1.165, 1.54) is 37.5 Å². The number of carbonyl (C=O) groups excluding carboxylic acids is 2. The van der Waals surface area contributed by atoms with Gasteiger partial charge >= 0.3 is 6.03 Å². The van der Waals surface area contributed by atoms with Crippen molar-refractivity contribution < 1.29 is 14.0 Å². The highest BCUT2D eigenvalue weighted by Gasteiger charge is 2.15. The molecule has 1 aromatic rings. The van der Waals surface area contributed by atoms with Crippen LogP contribution in [0.4, 0.5) is 14.9 Å². The van der Waals surface area contributed by atoms with Gasteiger partial charge in [0.05, 0.1) is 5.02 Å². The number of urea groups is 1. The van der Waals surface area contributed by atoms with Gasteiger partial charge in [-0.3, -0.25) is 4.79 Å². The lowest BCUT2D eigenvalue weighted by Crippen LogP contribution is -2.43. The van der Waals surface area contributed by atoms with Gasteiger partial charge in [-0.05, 0) is 37.5 Å². The minimum absolute atomic E-state index is 0.0335. The van der Waals surface area contributed by atoms with Crippen LogP contribution in [0.25, 0.3) is 0 Å². The molecule has 7 heteroatoms. The Morgan fingerprint density at radius 2 is 1.96 bits per heavy atom. The van der Waals surface area contributed by atoms with E-state index in [2.05, 4.69) is 16.0 Å². The standard InChI is InChI=1S/C17H23ClFN3O2/c18-14-11-13(8-9-15(14)19)21-16(23)7-4-10-20-17(24)22-12-5-2-1-3-6-12/h8-9,11-12H,1-7,10H2,(H,21,23)(H2,20,22,24). The van der Waals surface area contributed by atoms with Gasteiger partial charge in [-0.2, -0.15) is 0 Å². The number of hydrogen-bond donors (Lipinski definition) is 3. The molecule has 0 aliphatic heterocycles. The second-order valence-electron chi connectivity index (χ2n) is 6.02. The van der Waals surface area contributed by atoms with Crippen molar-refractivity contribution in [3.63, 3.8) is 0 Å². The molecular weight excluding hydrogens is 333 g/mol. The van der Waals surface area contributed by atoms with E-state index in [1.54, 1.807) is 0 Å². The van der Waals surface area contributed by atoms with E-state index in [4.69, 9.17) is 11.6 Å². The van der Waals surface area contributed by atoms with E-state index in [0.29, 0.717) is 18.7 Å². The monoisotopic (exact) mass is 355 g/mol. The molecule has 1 aliphatic carbocycles. The first-order valence-electron chi connectivity index (χ1n) is 8.34. The highest BCUT2D eigenvalue weighted by molar-refractivity contribution is 6.31. The molecule has 1 aromatic carbocycles. The lowest BCUT2D eigenvalue weighted by molar-refractivity contribution is -0.116. The van der Waals surface area contributed by atoms with Crippen molar-refractivity contribution in [1.29, 1.82) is 0 Å². The summed E-state index contributed by atoms with van der Waals surface area (Å²) in [7, 11) is 0. The van der Waals surface area contributed by atoms with Crippen LogP contribution in [0.2, 0.25) is 5.02 Å². The van der Waals surface area contributed by atoms with Gasteiger partial charge in [0.2, 0.25) is 5.91 Å². The molecule has 0 saturated heterocycles. The van der Waals surface area contributed by atoms with Crippen LogP contribution in [0, 0.1) is 5.82 Å². The molecule has 132 valence electrons. The Bertz CT molecular complexity index is 577. The van der Waals surface area contributed by atoms with Gasteiger partial charge in [0.15, 0.2) is 0 Å². The number of hydrogen-bond acceptors (Lipinski definition) is 2. The first-order chi connectivity index (χ1) is 11.5. The summed E-state index contributed by atoms with van der Waals surface area (Å²) in [5.41, 5.74) is 0.453. The zero-order valence-corrected chi connectivity index (χ0v) is 14.3. The number of rotatable bonds is 6. The third-order valence-electron chi connectivity index (χ3n) is 4.01. The molecule has 1 aliphatic rings. The second kappa shape index (κ2) is 9.47. The van der Waals surface area contributed by atoms with Crippen LogP contribution in [0.15, 0.2) is 18.2 Å². The zero-order chi connectivity index (χ0) is 17.4. The molecule has 1 fully saturated rings. The van der Waals surface area contributed by atoms with Crippen LogP contribution in [0.5, 0.6) is 0 Å². The third-order valence-corrected chi connectivity index (χ3v) is 4.30. The summed E-state index contributed by atoms with van der Waals surface area (Å²) >= 11 is 5.66. The Labute approximate surface area is 146 Å². The van der Waals surface area contributed by atoms with Crippen molar-refractivity contribution in [3.8, 4) is 0 Å². The van der Waals surface area contributed by atoms with E-state index in [0.717, 1.165) is 12.8 Å². The van der Waals surface area contributed by atoms with E-state index < -0.39 is 5.82 Å². The second-order valence-corrected chi connectivity index (χ2v) is 6.42. The SMILES string of the molecule is O=C(CCCNC(=O)NC1CCCCC1)Nc1ccc(F)c(Cl)c1. The van der Waals surface area contributed by atoms with Gasteiger partial charge in [-0.15, -0.1) is 0 Å². The number of halogens is 2. The van der Waals surface area contributed by atoms with Crippen LogP contribution in [0.3, 0.4) is 0 Å². The Morgan fingerprint density at radius 1 is 1.21 bits per heavy atom. The van der Waals surface area contributed by atoms with Gasteiger partial charge < -0.3 is 16.0 Å². The molecular formula is C17H23ClFN3O2. The van der Waals surface area contributed by atoms with Gasteiger partial charge in [-0.25, -0.2) is 9.18 Å². The first-order valence-corrected chi connectivity index (χ1v) is 8.71. The van der Waals surface area contributed by atoms with Gasteiger partial charge in [0, 0.05) is 24.7 Å². The molecule has 3 amide bonds. The molecule has 3 N–H and O–H groups in total. The predicted molar refractivity (Wildman–Crippen MR) is 92.7 cm³/mol. The molecule has 2 rings (SSSR count). The summed E-state index contributed by atoms with van der Waals surface area (Å²) in [6.45, 7) is 0.427. The van der Waals surface area contributed by atoms with E-state index >= 15 is 0 Å². The minimum Gasteiger partial charge on any atom is -0.338 e. The smallest absolute Gasteiger partial charge is 0.315 e. The van der Waals surface area contributed by atoms with Crippen LogP contribution in [0.1, 0.15) is 44.9 Å². The fraction of sp³-hybridized carbons (Fsp3) is 0.529. The molecule has 0 heterocycles. The van der Waals surface area contributed by atoms with Gasteiger partial charge in [-0.1, -0.05) is 30.9 Å². The van der Waals surface area contributed by atoms with E-state index in [-0.39, 0.29) is 29.4 Å². The quantitative estimate of drug-likeness (QED) is 0.679. The van der Waals surface area contributed by atoms with Crippen LogP contribution in [-0.2, 0) is 4.79 Å². The molecule has 1 saturated carbocycles. The predicted octanol–water partition coefficient (Wildman–Crippen LogP) is 3.83. The van der Waals surface area contributed by atoms with Crippen molar-refractivity contribution in [1.82, 2.24) is 10.6 Å². The summed E-state index contributed by atoms with van der Waals surface area (Å²) in [6.07, 6.45) is 6.44. The molecule has 0 atom stereocenters. The molecule has 0 aromatic heterocycles. The lowest BCUT2D eigenvalue weighted by Gasteiger charge is -2.22. The highest BCUT2D eigenvalue weighted by atomic mass is 35.5. The van der Waals surface area contributed by atoms with Gasteiger partial charge in [0.25, 0.3) is 0 Å². The average molecular weight is 356 g/mol. The molecule has 24 heavy (non-hydrogen) atoms. The fourth-order valence-electron chi connectivity index (χ4n) is 2.73. The molecule has 5 nitrogen and oxygen atoms in total. The van der Waals surface area contributed by atoms with Gasteiger partial charge in [0.1, 0.15) is 5.82 Å². The van der Waals surface area contributed by atoms with Crippen molar-refractivity contribution in [3.05, 3.63) is 29.0 Å². The Kier molecular flexibility index (Phi) is 7.31.